The molecule has 0 saturated heterocycles. The molecule has 2 saturated carbocycles. The van der Waals surface area contributed by atoms with Crippen LogP contribution in [0, 0.1) is 12.8 Å². The Morgan fingerprint density at radius 2 is 1.91 bits per heavy atom. The number of aliphatic hydroxyl groups excluding tert-OH is 3. The summed E-state index contributed by atoms with van der Waals surface area (Å²) >= 11 is 1.57. The van der Waals surface area contributed by atoms with Crippen molar-refractivity contribution >= 4 is 28.7 Å². The molecule has 5 rings (SSSR count). The largest absolute Gasteiger partial charge is 0.396 e. The van der Waals surface area contributed by atoms with Crippen LogP contribution in [0.2, 0.25) is 0 Å². The van der Waals surface area contributed by atoms with Gasteiger partial charge in [-0.25, -0.2) is 14.6 Å². The van der Waals surface area contributed by atoms with Crippen molar-refractivity contribution in [2.24, 2.45) is 5.92 Å². The molecule has 0 bridgehead atoms. The number of hydrogen-bond acceptors (Lipinski definition) is 9. The zero-order valence-corrected chi connectivity index (χ0v) is 19.6. The lowest BCUT2D eigenvalue weighted by molar-refractivity contribution is -0.00512. The Hall–Kier alpha value is -2.27. The van der Waals surface area contributed by atoms with Gasteiger partial charge in [0, 0.05) is 30.2 Å². The van der Waals surface area contributed by atoms with E-state index in [1.54, 1.807) is 16.4 Å². The fourth-order valence-electron chi connectivity index (χ4n) is 4.63. The zero-order valence-electron chi connectivity index (χ0n) is 18.8. The molecule has 2 unspecified atom stereocenters. The molecule has 4 N–H and O–H groups in total. The number of nitrogens with one attached hydrogen (secondary N) is 1. The summed E-state index contributed by atoms with van der Waals surface area (Å²) in [6.45, 7) is 4.01. The minimum Gasteiger partial charge on any atom is -0.396 e. The van der Waals surface area contributed by atoms with Crippen LogP contribution in [0.25, 0.3) is 11.2 Å². The van der Waals surface area contributed by atoms with Crippen LogP contribution >= 0.6 is 11.8 Å². The van der Waals surface area contributed by atoms with Crippen molar-refractivity contribution in [3.63, 3.8) is 0 Å². The van der Waals surface area contributed by atoms with Gasteiger partial charge in [-0.05, 0) is 31.7 Å². The number of nitrogens with zero attached hydrogens (tertiary/aromatic N) is 5. The van der Waals surface area contributed by atoms with Gasteiger partial charge in [0.2, 0.25) is 0 Å². The van der Waals surface area contributed by atoms with Crippen LogP contribution in [-0.2, 0) is 0 Å². The van der Waals surface area contributed by atoms with Gasteiger partial charge in [0.25, 0.3) is 0 Å². The highest BCUT2D eigenvalue weighted by Crippen LogP contribution is 2.44. The van der Waals surface area contributed by atoms with Gasteiger partial charge in [0.1, 0.15) is 6.10 Å². The fraction of sp³-hybridized carbons (Fsp3) is 0.565. The van der Waals surface area contributed by atoms with Crippen LogP contribution in [0.5, 0.6) is 0 Å². The molecular weight excluding hydrogens is 440 g/mol. The van der Waals surface area contributed by atoms with Gasteiger partial charge < -0.3 is 20.6 Å². The van der Waals surface area contributed by atoms with Gasteiger partial charge in [0.15, 0.2) is 22.1 Å². The summed E-state index contributed by atoms with van der Waals surface area (Å²) in [4.78, 5) is 9.44. The first-order valence-corrected chi connectivity index (χ1v) is 12.5. The lowest BCUT2D eigenvalue weighted by Gasteiger charge is -2.17. The van der Waals surface area contributed by atoms with Crippen molar-refractivity contribution in [3.05, 3.63) is 35.4 Å². The number of aliphatic hydroxyl groups is 3. The minimum atomic E-state index is -1.04. The normalized spacial score (nSPS) is 29.0. The van der Waals surface area contributed by atoms with Crippen LogP contribution < -0.4 is 5.32 Å². The summed E-state index contributed by atoms with van der Waals surface area (Å²) in [7, 11) is 0. The van der Waals surface area contributed by atoms with Crippen LogP contribution in [0.1, 0.15) is 49.3 Å². The first-order chi connectivity index (χ1) is 16.0. The van der Waals surface area contributed by atoms with E-state index in [-0.39, 0.29) is 12.6 Å². The number of fused-ring (bicyclic) bond motifs is 1. The maximum absolute atomic E-state index is 10.6. The second-order valence-corrected chi connectivity index (χ2v) is 10.2. The molecule has 10 heteroatoms. The molecule has 33 heavy (non-hydrogen) atoms. The number of aryl methyl sites for hydroxylation is 1. The second-order valence-electron chi connectivity index (χ2n) is 9.14. The van der Waals surface area contributed by atoms with E-state index in [1.807, 2.05) is 0 Å². The van der Waals surface area contributed by atoms with Gasteiger partial charge in [-0.2, -0.15) is 0 Å². The molecular formula is C23H30N6O3S. The first-order valence-electron chi connectivity index (χ1n) is 11.6. The summed E-state index contributed by atoms with van der Waals surface area (Å²) in [5.74, 6) is 1.56. The Morgan fingerprint density at radius 3 is 2.61 bits per heavy atom. The predicted molar refractivity (Wildman–Crippen MR) is 126 cm³/mol. The lowest BCUT2D eigenvalue weighted by Crippen LogP contribution is -2.30. The number of hydrogen-bond donors (Lipinski definition) is 4. The van der Waals surface area contributed by atoms with E-state index in [9.17, 15) is 15.3 Å². The summed E-state index contributed by atoms with van der Waals surface area (Å²) in [5, 5.41) is 43.3. The quantitative estimate of drug-likeness (QED) is 0.289. The van der Waals surface area contributed by atoms with Crippen molar-refractivity contribution in [2.45, 2.75) is 68.5 Å². The van der Waals surface area contributed by atoms with Crippen molar-refractivity contribution in [1.82, 2.24) is 25.0 Å². The van der Waals surface area contributed by atoms with Crippen LogP contribution in [-0.4, -0.2) is 70.9 Å². The fourth-order valence-corrected chi connectivity index (χ4v) is 5.32. The third kappa shape index (κ3) is 4.32. The summed E-state index contributed by atoms with van der Waals surface area (Å²) < 4.78 is 1.59. The lowest BCUT2D eigenvalue weighted by atomic mass is 10.1. The molecule has 2 aliphatic carbocycles. The zero-order chi connectivity index (χ0) is 23.1. The summed E-state index contributed by atoms with van der Waals surface area (Å²) in [6.07, 6.45) is 0.371. The Kier molecular flexibility index (Phi) is 6.26. The Bertz CT molecular complexity index is 1120. The standard InChI is InChI=1S/C23H30N6O3S/c1-3-8-33-23-25-21(24-16-10-15(16)13-6-4-12(2)5-7-13)18-22(26-23)29(28-27-18)17-9-14(11-30)19(31)20(17)32/h4-7,14-17,19-20,30-32H,3,8-11H2,1-2H3,(H,24,25,26)/t14-,15?,16?,17-,19-,20+/m0/s1. The molecule has 0 amide bonds. The van der Waals surface area contributed by atoms with Crippen LogP contribution in [0.3, 0.4) is 0 Å². The summed E-state index contributed by atoms with van der Waals surface area (Å²) in [5.41, 5.74) is 3.65. The second kappa shape index (κ2) is 9.17. The highest BCUT2D eigenvalue weighted by Gasteiger charge is 2.44. The molecule has 1 aromatic carbocycles. The number of aromatic nitrogens is 5. The van der Waals surface area contributed by atoms with Gasteiger partial charge in [-0.1, -0.05) is 53.7 Å². The van der Waals surface area contributed by atoms with E-state index < -0.39 is 24.2 Å². The maximum Gasteiger partial charge on any atom is 0.191 e. The molecule has 2 aromatic heterocycles. The van der Waals surface area contributed by atoms with E-state index >= 15 is 0 Å². The molecule has 3 aromatic rings. The Labute approximate surface area is 196 Å². The van der Waals surface area contributed by atoms with E-state index in [0.29, 0.717) is 34.5 Å². The van der Waals surface area contributed by atoms with Gasteiger partial charge in [0.05, 0.1) is 12.1 Å². The Balaban J connectivity index is 1.45. The number of rotatable bonds is 8. The van der Waals surface area contributed by atoms with Crippen molar-refractivity contribution in [2.75, 3.05) is 17.7 Å². The van der Waals surface area contributed by atoms with Gasteiger partial charge >= 0.3 is 0 Å². The average molecular weight is 471 g/mol. The molecule has 2 aliphatic rings. The third-order valence-corrected chi connectivity index (χ3v) is 7.73. The SMILES string of the molecule is CCCSc1nc(NC2CC2c2ccc(C)cc2)c2nnn([C@H]3C[C@@H](CO)[C@H](O)[C@@H]3O)c2n1. The maximum atomic E-state index is 10.6. The molecule has 176 valence electrons. The van der Waals surface area contributed by atoms with E-state index in [1.165, 1.54) is 11.1 Å². The minimum absolute atomic E-state index is 0.192. The van der Waals surface area contributed by atoms with Gasteiger partial charge in [-0.3, -0.25) is 0 Å². The topological polar surface area (TPSA) is 129 Å². The monoisotopic (exact) mass is 470 g/mol. The first kappa shape index (κ1) is 22.5. The Morgan fingerprint density at radius 1 is 1.12 bits per heavy atom. The van der Waals surface area contributed by atoms with Crippen molar-refractivity contribution in [3.8, 4) is 0 Å². The van der Waals surface area contributed by atoms with Gasteiger partial charge in [-0.15, -0.1) is 5.10 Å². The molecule has 9 nitrogen and oxygen atoms in total. The average Bonchev–Trinajstić information content (AvgIpc) is 3.35. The molecule has 0 aliphatic heterocycles. The van der Waals surface area contributed by atoms with E-state index in [4.69, 9.17) is 9.97 Å². The predicted octanol–water partition coefficient (Wildman–Crippen LogP) is 2.27. The van der Waals surface area contributed by atoms with Crippen LogP contribution in [0.4, 0.5) is 5.82 Å². The number of benzene rings is 1. The molecule has 0 radical (unpaired) electrons. The highest BCUT2D eigenvalue weighted by atomic mass is 32.2. The van der Waals surface area contributed by atoms with Crippen molar-refractivity contribution in [1.29, 1.82) is 0 Å². The third-order valence-electron chi connectivity index (χ3n) is 6.68. The van der Waals surface area contributed by atoms with E-state index in [2.05, 4.69) is 53.7 Å². The number of thioether (sulfide) groups is 1. The smallest absolute Gasteiger partial charge is 0.191 e. The molecule has 2 heterocycles. The van der Waals surface area contributed by atoms with Crippen LogP contribution in [0.15, 0.2) is 29.4 Å². The number of anilines is 1. The van der Waals surface area contributed by atoms with E-state index in [0.717, 1.165) is 18.6 Å². The molecule has 2 fully saturated rings. The highest BCUT2D eigenvalue weighted by molar-refractivity contribution is 7.99. The summed E-state index contributed by atoms with van der Waals surface area (Å²) in [6, 6.07) is 8.40. The van der Waals surface area contributed by atoms with Crippen molar-refractivity contribution < 1.29 is 15.3 Å². The molecule has 0 spiro atoms. The molecule has 6 atom stereocenters.